The van der Waals surface area contributed by atoms with Crippen molar-refractivity contribution in [1.29, 1.82) is 5.26 Å². The van der Waals surface area contributed by atoms with Crippen molar-refractivity contribution in [3.8, 4) is 6.07 Å². The summed E-state index contributed by atoms with van der Waals surface area (Å²) in [5, 5.41) is 11.7. The van der Waals surface area contributed by atoms with Gasteiger partial charge in [0.05, 0.1) is 17.1 Å². The number of halogens is 3. The summed E-state index contributed by atoms with van der Waals surface area (Å²) in [7, 11) is -4.26. The Kier molecular flexibility index (Phi) is 5.25. The molecule has 1 aromatic carbocycles. The van der Waals surface area contributed by atoms with Crippen LogP contribution in [0.2, 0.25) is 0 Å². The number of likely N-dealkylation sites (tertiary alicyclic amines) is 1. The standard InChI is InChI=1S/C20H20F3N3O5S/c21-20(22,23)19(8-9-19)17(28)26-11-13(31-32(29,30)14-4-2-1-3-5-14)10-15(26)16(27)25-18(12-24)6-7-18/h1-5,13,15H,6-11H2,(H,25,27). The highest BCUT2D eigenvalue weighted by atomic mass is 32.2. The molecule has 2 aliphatic carbocycles. The number of nitriles is 1. The van der Waals surface area contributed by atoms with Gasteiger partial charge in [-0.1, -0.05) is 18.2 Å². The third-order valence-electron chi connectivity index (χ3n) is 6.15. The minimum absolute atomic E-state index is 0.152. The molecule has 1 aromatic rings. The molecule has 1 N–H and O–H groups in total. The maximum Gasteiger partial charge on any atom is 0.403 e. The summed E-state index contributed by atoms with van der Waals surface area (Å²) in [5.41, 5.74) is -3.66. The van der Waals surface area contributed by atoms with Gasteiger partial charge in [0.25, 0.3) is 10.1 Å². The van der Waals surface area contributed by atoms with Gasteiger partial charge < -0.3 is 10.2 Å². The monoisotopic (exact) mass is 471 g/mol. The highest BCUT2D eigenvalue weighted by Gasteiger charge is 2.70. The summed E-state index contributed by atoms with van der Waals surface area (Å²) in [6, 6.07) is 7.73. The first-order valence-corrected chi connectivity index (χ1v) is 11.4. The number of hydrogen-bond acceptors (Lipinski definition) is 6. The van der Waals surface area contributed by atoms with Crippen LogP contribution in [-0.4, -0.2) is 55.5 Å². The summed E-state index contributed by atoms with van der Waals surface area (Å²) >= 11 is 0. The van der Waals surface area contributed by atoms with Gasteiger partial charge in [-0.25, -0.2) is 0 Å². The largest absolute Gasteiger partial charge is 0.403 e. The fourth-order valence-corrected chi connectivity index (χ4v) is 4.99. The van der Waals surface area contributed by atoms with E-state index in [1.54, 1.807) is 6.07 Å². The van der Waals surface area contributed by atoms with E-state index < -0.39 is 70.6 Å². The molecule has 2 saturated carbocycles. The molecule has 3 fully saturated rings. The number of benzene rings is 1. The van der Waals surface area contributed by atoms with E-state index in [0.29, 0.717) is 12.8 Å². The Bertz CT molecular complexity index is 1080. The summed E-state index contributed by atoms with van der Waals surface area (Å²) in [5.74, 6) is -2.06. The van der Waals surface area contributed by atoms with Crippen LogP contribution in [0.1, 0.15) is 32.1 Å². The van der Waals surface area contributed by atoms with Crippen molar-refractivity contribution in [2.24, 2.45) is 5.41 Å². The molecule has 12 heteroatoms. The third-order valence-corrected chi connectivity index (χ3v) is 7.52. The van der Waals surface area contributed by atoms with E-state index in [2.05, 4.69) is 5.32 Å². The maximum atomic E-state index is 13.5. The van der Waals surface area contributed by atoms with Crippen molar-refractivity contribution in [3.05, 3.63) is 30.3 Å². The van der Waals surface area contributed by atoms with E-state index >= 15 is 0 Å². The van der Waals surface area contributed by atoms with Gasteiger partial charge >= 0.3 is 6.18 Å². The Morgan fingerprint density at radius 3 is 2.28 bits per heavy atom. The normalized spacial score (nSPS) is 25.6. The molecule has 2 amide bonds. The van der Waals surface area contributed by atoms with E-state index in [0.717, 1.165) is 4.90 Å². The number of amides is 2. The van der Waals surface area contributed by atoms with E-state index in [1.165, 1.54) is 24.3 Å². The highest BCUT2D eigenvalue weighted by molar-refractivity contribution is 7.86. The Morgan fingerprint density at radius 1 is 1.16 bits per heavy atom. The highest BCUT2D eigenvalue weighted by Crippen LogP contribution is 2.59. The van der Waals surface area contributed by atoms with Crippen LogP contribution in [0.15, 0.2) is 35.2 Å². The number of alkyl halides is 3. The zero-order chi connectivity index (χ0) is 23.4. The molecular weight excluding hydrogens is 451 g/mol. The van der Waals surface area contributed by atoms with Crippen LogP contribution in [0, 0.1) is 16.7 Å². The van der Waals surface area contributed by atoms with Crippen molar-refractivity contribution in [2.45, 2.75) is 60.9 Å². The number of nitrogens with zero attached hydrogens (tertiary/aromatic N) is 2. The summed E-state index contributed by atoms with van der Waals surface area (Å²) in [6.45, 7) is -0.486. The lowest BCUT2D eigenvalue weighted by molar-refractivity contribution is -0.199. The van der Waals surface area contributed by atoms with Crippen LogP contribution in [0.25, 0.3) is 0 Å². The molecule has 172 valence electrons. The first kappa shape index (κ1) is 22.5. The lowest BCUT2D eigenvalue weighted by atomic mass is 10.0. The molecule has 3 aliphatic rings. The molecule has 1 heterocycles. The Balaban J connectivity index is 1.57. The Labute approximate surface area is 182 Å². The number of carbonyl (C=O) groups is 2. The lowest BCUT2D eigenvalue weighted by Gasteiger charge is -2.29. The molecule has 4 rings (SSSR count). The molecule has 32 heavy (non-hydrogen) atoms. The summed E-state index contributed by atoms with van der Waals surface area (Å²) in [6.07, 6.45) is -6.30. The maximum absolute atomic E-state index is 13.5. The smallest absolute Gasteiger partial charge is 0.336 e. The van der Waals surface area contributed by atoms with Crippen molar-refractivity contribution in [1.82, 2.24) is 10.2 Å². The average molecular weight is 471 g/mol. The first-order chi connectivity index (χ1) is 14.9. The van der Waals surface area contributed by atoms with Gasteiger partial charge in [-0.3, -0.25) is 13.8 Å². The molecule has 0 bridgehead atoms. The van der Waals surface area contributed by atoms with Crippen LogP contribution < -0.4 is 5.32 Å². The fourth-order valence-electron chi connectivity index (χ4n) is 3.89. The summed E-state index contributed by atoms with van der Waals surface area (Å²) < 4.78 is 70.9. The molecule has 8 nitrogen and oxygen atoms in total. The zero-order valence-corrected chi connectivity index (χ0v) is 17.6. The second-order valence-electron chi connectivity index (χ2n) is 8.46. The van der Waals surface area contributed by atoms with E-state index in [4.69, 9.17) is 4.18 Å². The number of rotatable bonds is 6. The van der Waals surface area contributed by atoms with Crippen LogP contribution in [0.5, 0.6) is 0 Å². The lowest BCUT2D eigenvalue weighted by Crippen LogP contribution is -2.53. The summed E-state index contributed by atoms with van der Waals surface area (Å²) in [4.78, 5) is 26.3. The minimum Gasteiger partial charge on any atom is -0.336 e. The van der Waals surface area contributed by atoms with Crippen LogP contribution in [-0.2, 0) is 23.9 Å². The quantitative estimate of drug-likeness (QED) is 0.634. The Morgan fingerprint density at radius 2 is 1.78 bits per heavy atom. The SMILES string of the molecule is N#CC1(NC(=O)C2CC(OS(=O)(=O)c3ccccc3)CN2C(=O)C2(C(F)(F)F)CC2)CC1. The van der Waals surface area contributed by atoms with E-state index in [-0.39, 0.29) is 11.3 Å². The average Bonchev–Trinajstić information content (AvgIpc) is 3.65. The number of hydrogen-bond donors (Lipinski definition) is 1. The van der Waals surface area contributed by atoms with Gasteiger partial charge in [-0.2, -0.15) is 26.9 Å². The van der Waals surface area contributed by atoms with Gasteiger partial charge in [0.15, 0.2) is 0 Å². The van der Waals surface area contributed by atoms with Crippen LogP contribution in [0.4, 0.5) is 13.2 Å². The van der Waals surface area contributed by atoms with Crippen molar-refractivity contribution in [2.75, 3.05) is 6.54 Å². The second-order valence-corrected chi connectivity index (χ2v) is 10.0. The molecule has 2 atom stereocenters. The van der Waals surface area contributed by atoms with Crippen molar-refractivity contribution < 1.29 is 35.4 Å². The molecule has 0 radical (unpaired) electrons. The predicted octanol–water partition coefficient (Wildman–Crippen LogP) is 1.88. The number of carbonyl (C=O) groups excluding carboxylic acids is 2. The van der Waals surface area contributed by atoms with Crippen LogP contribution in [0.3, 0.4) is 0 Å². The number of nitrogens with one attached hydrogen (secondary N) is 1. The molecule has 1 saturated heterocycles. The topological polar surface area (TPSA) is 117 Å². The van der Waals surface area contributed by atoms with E-state index in [1.807, 2.05) is 6.07 Å². The van der Waals surface area contributed by atoms with Gasteiger partial charge in [0.2, 0.25) is 11.8 Å². The predicted molar refractivity (Wildman–Crippen MR) is 102 cm³/mol. The molecular formula is C20H20F3N3O5S. The van der Waals surface area contributed by atoms with Crippen molar-refractivity contribution in [3.63, 3.8) is 0 Å². The first-order valence-electron chi connectivity index (χ1n) is 10.0. The molecule has 1 aliphatic heterocycles. The van der Waals surface area contributed by atoms with Gasteiger partial charge in [-0.15, -0.1) is 0 Å². The van der Waals surface area contributed by atoms with Gasteiger partial charge in [0, 0.05) is 13.0 Å². The minimum atomic E-state index is -4.79. The second kappa shape index (κ2) is 7.45. The molecule has 0 spiro atoms. The van der Waals surface area contributed by atoms with Gasteiger partial charge in [-0.05, 0) is 37.8 Å². The fraction of sp³-hybridized carbons (Fsp3) is 0.550. The van der Waals surface area contributed by atoms with E-state index in [9.17, 15) is 36.4 Å². The molecule has 0 aromatic heterocycles. The van der Waals surface area contributed by atoms with Gasteiger partial charge in [0.1, 0.15) is 17.0 Å². The van der Waals surface area contributed by atoms with Crippen LogP contribution >= 0.6 is 0 Å². The third kappa shape index (κ3) is 3.95. The zero-order valence-electron chi connectivity index (χ0n) is 16.8. The Hall–Kier alpha value is -2.65. The molecule has 2 unspecified atom stereocenters. The van der Waals surface area contributed by atoms with Crippen molar-refractivity contribution >= 4 is 21.9 Å².